The molecule has 0 aliphatic heterocycles. The summed E-state index contributed by atoms with van der Waals surface area (Å²) < 4.78 is 38.6. The van der Waals surface area contributed by atoms with Crippen LogP contribution in [0.4, 0.5) is 36.2 Å². The summed E-state index contributed by atoms with van der Waals surface area (Å²) in [7, 11) is 0. The number of aryl methyl sites for hydroxylation is 1. The van der Waals surface area contributed by atoms with E-state index >= 15 is 0 Å². The molecule has 0 atom stereocenters. The number of nitrogen functional groups attached to an aromatic ring is 1. The lowest BCUT2D eigenvalue weighted by Gasteiger charge is -2.14. The van der Waals surface area contributed by atoms with Crippen LogP contribution >= 0.6 is 0 Å². The minimum Gasteiger partial charge on any atom is -0.393 e. The molecule has 1 amide bonds. The molecule has 3 aromatic rings. The third-order valence-corrected chi connectivity index (χ3v) is 4.02. The van der Waals surface area contributed by atoms with Gasteiger partial charge in [0.15, 0.2) is 11.6 Å². The lowest BCUT2D eigenvalue weighted by Crippen LogP contribution is -2.30. The zero-order chi connectivity index (χ0) is 21.0. The summed E-state index contributed by atoms with van der Waals surface area (Å²) in [5.41, 5.74) is 11.7. The Morgan fingerprint density at radius 3 is 2.48 bits per heavy atom. The summed E-state index contributed by atoms with van der Waals surface area (Å²) in [6.07, 6.45) is -3.31. The third kappa shape index (κ3) is 4.72. The average molecular weight is 402 g/mol. The van der Waals surface area contributed by atoms with Gasteiger partial charge in [-0.3, -0.25) is 15.6 Å². The second kappa shape index (κ2) is 8.05. The van der Waals surface area contributed by atoms with Gasteiger partial charge < -0.3 is 11.1 Å². The number of anilines is 4. The number of halogens is 3. The predicted molar refractivity (Wildman–Crippen MR) is 103 cm³/mol. The molecule has 0 unspecified atom stereocenters. The number of nitrogens with zero attached hydrogens (tertiary/aromatic N) is 2. The maximum Gasteiger partial charge on any atom is 0.416 e. The number of aromatic nitrogens is 2. The standard InChI is InChI=1S/C19H17F3N6O/c1-11-5-2-3-8-14(11)18(29)28-27-17-15(23)16(24-10-25-17)26-13-7-4-6-12(9-13)19(20,21)22/h2-10H,23H2,1H3,(H,28,29)(H2,24,25,26,27). The molecular formula is C19H17F3N6O. The van der Waals surface area contributed by atoms with Crippen molar-refractivity contribution in [3.63, 3.8) is 0 Å². The first-order chi connectivity index (χ1) is 13.8. The predicted octanol–water partition coefficient (Wildman–Crippen LogP) is 3.89. The van der Waals surface area contributed by atoms with E-state index in [1.54, 1.807) is 25.1 Å². The molecule has 0 saturated carbocycles. The molecule has 0 aliphatic carbocycles. The fraction of sp³-hybridized carbons (Fsp3) is 0.105. The molecule has 0 radical (unpaired) electrons. The SMILES string of the molecule is Cc1ccccc1C(=O)NNc1ncnc(Nc2cccc(C(F)(F)F)c2)c1N. The van der Waals surface area contributed by atoms with Gasteiger partial charge in [-0.05, 0) is 36.8 Å². The summed E-state index contributed by atoms with van der Waals surface area (Å²) in [5.74, 6) is -0.211. The number of alkyl halides is 3. The number of nitrogens with one attached hydrogen (secondary N) is 3. The molecule has 0 bridgehead atoms. The van der Waals surface area contributed by atoms with E-state index in [0.29, 0.717) is 5.56 Å². The van der Waals surface area contributed by atoms with Crippen molar-refractivity contribution in [3.05, 3.63) is 71.5 Å². The van der Waals surface area contributed by atoms with Crippen LogP contribution in [0.15, 0.2) is 54.9 Å². The minimum atomic E-state index is -4.47. The average Bonchev–Trinajstić information content (AvgIpc) is 2.68. The summed E-state index contributed by atoms with van der Waals surface area (Å²) >= 11 is 0. The van der Waals surface area contributed by atoms with Gasteiger partial charge in [-0.15, -0.1) is 0 Å². The van der Waals surface area contributed by atoms with Crippen molar-refractivity contribution in [2.75, 3.05) is 16.5 Å². The van der Waals surface area contributed by atoms with Crippen molar-refractivity contribution in [3.8, 4) is 0 Å². The molecule has 1 heterocycles. The van der Waals surface area contributed by atoms with Gasteiger partial charge in [-0.25, -0.2) is 9.97 Å². The molecule has 2 aromatic carbocycles. The highest BCUT2D eigenvalue weighted by atomic mass is 19.4. The maximum atomic E-state index is 12.9. The maximum absolute atomic E-state index is 12.9. The van der Waals surface area contributed by atoms with Crippen LogP contribution in [0.2, 0.25) is 0 Å². The molecule has 3 rings (SSSR count). The van der Waals surface area contributed by atoms with Gasteiger partial charge in [0.1, 0.15) is 12.0 Å². The number of benzene rings is 2. The van der Waals surface area contributed by atoms with Crippen LogP contribution < -0.4 is 21.9 Å². The number of hydrogen-bond acceptors (Lipinski definition) is 6. The van der Waals surface area contributed by atoms with Crippen molar-refractivity contribution >= 4 is 28.9 Å². The molecule has 0 spiro atoms. The molecule has 1 aromatic heterocycles. The van der Waals surface area contributed by atoms with E-state index in [2.05, 4.69) is 26.1 Å². The van der Waals surface area contributed by atoms with Crippen LogP contribution in [0.1, 0.15) is 21.5 Å². The molecule has 150 valence electrons. The minimum absolute atomic E-state index is 0.0231. The van der Waals surface area contributed by atoms with Gasteiger partial charge >= 0.3 is 6.18 Å². The molecule has 5 N–H and O–H groups in total. The summed E-state index contributed by atoms with van der Waals surface area (Å²) in [5, 5.41) is 2.72. The number of carbonyl (C=O) groups is 1. The Morgan fingerprint density at radius 2 is 1.76 bits per heavy atom. The number of hydrazine groups is 1. The van der Waals surface area contributed by atoms with Gasteiger partial charge in [0.25, 0.3) is 5.91 Å². The zero-order valence-corrected chi connectivity index (χ0v) is 15.2. The summed E-state index contributed by atoms with van der Waals surface area (Å²) in [6, 6.07) is 11.6. The van der Waals surface area contributed by atoms with Crippen LogP contribution in [-0.2, 0) is 6.18 Å². The molecule has 0 aliphatic rings. The van der Waals surface area contributed by atoms with E-state index in [1.165, 1.54) is 12.1 Å². The molecule has 7 nitrogen and oxygen atoms in total. The highest BCUT2D eigenvalue weighted by molar-refractivity contribution is 5.96. The summed E-state index contributed by atoms with van der Waals surface area (Å²) in [4.78, 5) is 20.2. The van der Waals surface area contributed by atoms with Gasteiger partial charge in [-0.2, -0.15) is 13.2 Å². The van der Waals surface area contributed by atoms with E-state index in [0.717, 1.165) is 24.0 Å². The number of rotatable bonds is 5. The van der Waals surface area contributed by atoms with Gasteiger partial charge in [-0.1, -0.05) is 24.3 Å². The molecule has 29 heavy (non-hydrogen) atoms. The van der Waals surface area contributed by atoms with Crippen molar-refractivity contribution < 1.29 is 18.0 Å². The zero-order valence-electron chi connectivity index (χ0n) is 15.2. The van der Waals surface area contributed by atoms with Gasteiger partial charge in [0.2, 0.25) is 0 Å². The van der Waals surface area contributed by atoms with E-state index < -0.39 is 17.6 Å². The van der Waals surface area contributed by atoms with Crippen molar-refractivity contribution in [2.45, 2.75) is 13.1 Å². The Balaban J connectivity index is 1.75. The number of hydrogen-bond donors (Lipinski definition) is 4. The second-order valence-electron chi connectivity index (χ2n) is 6.08. The van der Waals surface area contributed by atoms with Crippen molar-refractivity contribution in [1.82, 2.24) is 15.4 Å². The normalized spacial score (nSPS) is 11.0. The van der Waals surface area contributed by atoms with Crippen LogP contribution in [-0.4, -0.2) is 15.9 Å². The topological polar surface area (TPSA) is 105 Å². The van der Waals surface area contributed by atoms with Crippen molar-refractivity contribution in [2.24, 2.45) is 0 Å². The Kier molecular flexibility index (Phi) is 5.53. The summed E-state index contributed by atoms with van der Waals surface area (Å²) in [6.45, 7) is 1.80. The number of nitrogens with two attached hydrogens (primary N) is 1. The second-order valence-corrected chi connectivity index (χ2v) is 6.08. The van der Waals surface area contributed by atoms with Gasteiger partial charge in [0, 0.05) is 11.3 Å². The third-order valence-electron chi connectivity index (χ3n) is 4.02. The Bertz CT molecular complexity index is 1040. The smallest absolute Gasteiger partial charge is 0.393 e. The molecule has 10 heteroatoms. The first kappa shape index (κ1) is 19.9. The lowest BCUT2D eigenvalue weighted by atomic mass is 10.1. The number of carbonyl (C=O) groups excluding carboxylic acids is 1. The molecule has 0 fully saturated rings. The van der Waals surface area contributed by atoms with E-state index in [-0.39, 0.29) is 23.0 Å². The highest BCUT2D eigenvalue weighted by Crippen LogP contribution is 2.32. The van der Waals surface area contributed by atoms with Crippen molar-refractivity contribution in [1.29, 1.82) is 0 Å². The molecular weight excluding hydrogens is 385 g/mol. The Hall–Kier alpha value is -3.82. The lowest BCUT2D eigenvalue weighted by molar-refractivity contribution is -0.137. The van der Waals surface area contributed by atoms with Crippen LogP contribution in [0, 0.1) is 6.92 Å². The quantitative estimate of drug-likeness (QED) is 0.483. The van der Waals surface area contributed by atoms with Crippen LogP contribution in [0.3, 0.4) is 0 Å². The first-order valence-electron chi connectivity index (χ1n) is 8.42. The monoisotopic (exact) mass is 402 g/mol. The Morgan fingerprint density at radius 1 is 1.03 bits per heavy atom. The van der Waals surface area contributed by atoms with E-state index in [9.17, 15) is 18.0 Å². The van der Waals surface area contributed by atoms with Crippen LogP contribution in [0.25, 0.3) is 0 Å². The largest absolute Gasteiger partial charge is 0.416 e. The van der Waals surface area contributed by atoms with E-state index in [4.69, 9.17) is 5.73 Å². The fourth-order valence-corrected chi connectivity index (χ4v) is 2.52. The highest BCUT2D eigenvalue weighted by Gasteiger charge is 2.30. The van der Waals surface area contributed by atoms with Gasteiger partial charge in [0.05, 0.1) is 5.56 Å². The number of amides is 1. The van der Waals surface area contributed by atoms with E-state index in [1.807, 2.05) is 6.07 Å². The molecule has 0 saturated heterocycles. The van der Waals surface area contributed by atoms with Crippen LogP contribution in [0.5, 0.6) is 0 Å². The Labute approximate surface area is 164 Å². The first-order valence-corrected chi connectivity index (χ1v) is 8.42. The fourth-order valence-electron chi connectivity index (χ4n) is 2.52.